The van der Waals surface area contributed by atoms with Crippen molar-refractivity contribution in [2.45, 2.75) is 44.9 Å². The molecule has 25 heavy (non-hydrogen) atoms. The molecule has 0 atom stereocenters. The molecule has 1 saturated heterocycles. The lowest BCUT2D eigenvalue weighted by molar-refractivity contribution is -0.138. The predicted octanol–water partition coefficient (Wildman–Crippen LogP) is 3.32. The fourth-order valence-electron chi connectivity index (χ4n) is 3.90. The van der Waals surface area contributed by atoms with Crippen LogP contribution < -0.4 is 5.32 Å². The third-order valence-electron chi connectivity index (χ3n) is 5.42. The highest BCUT2D eigenvalue weighted by atomic mass is 16.2. The first kappa shape index (κ1) is 17.5. The van der Waals surface area contributed by atoms with E-state index in [-0.39, 0.29) is 23.7 Å². The zero-order valence-electron chi connectivity index (χ0n) is 14.5. The van der Waals surface area contributed by atoms with Crippen molar-refractivity contribution in [2.24, 2.45) is 11.8 Å². The van der Waals surface area contributed by atoms with Crippen molar-refractivity contribution in [3.63, 3.8) is 0 Å². The second-order valence-electron chi connectivity index (χ2n) is 7.08. The Morgan fingerprint density at radius 1 is 1.00 bits per heavy atom. The number of rotatable bonds is 3. The van der Waals surface area contributed by atoms with Crippen LogP contribution >= 0.6 is 0 Å². The van der Waals surface area contributed by atoms with E-state index in [9.17, 15) is 9.59 Å². The van der Waals surface area contributed by atoms with Crippen LogP contribution in [0.1, 0.15) is 50.5 Å². The Kier molecular flexibility index (Phi) is 5.70. The van der Waals surface area contributed by atoms with Crippen LogP contribution in [0, 0.1) is 23.2 Å². The van der Waals surface area contributed by atoms with Crippen LogP contribution in [0.15, 0.2) is 24.3 Å². The average Bonchev–Trinajstić information content (AvgIpc) is 2.68. The van der Waals surface area contributed by atoms with Gasteiger partial charge in [0.2, 0.25) is 11.8 Å². The van der Waals surface area contributed by atoms with Gasteiger partial charge < -0.3 is 10.2 Å². The van der Waals surface area contributed by atoms with Gasteiger partial charge in [0, 0.05) is 24.9 Å². The molecule has 3 rings (SSSR count). The first-order valence-electron chi connectivity index (χ1n) is 9.28. The highest BCUT2D eigenvalue weighted by Crippen LogP contribution is 2.31. The predicted molar refractivity (Wildman–Crippen MR) is 95.7 cm³/mol. The van der Waals surface area contributed by atoms with Crippen molar-refractivity contribution in [2.75, 3.05) is 18.4 Å². The molecule has 1 N–H and O–H groups in total. The molecule has 2 fully saturated rings. The molecule has 1 saturated carbocycles. The number of benzene rings is 1. The number of likely N-dealkylation sites (tertiary alicyclic amines) is 1. The summed E-state index contributed by atoms with van der Waals surface area (Å²) in [5, 5.41) is 12.0. The molecular weight excluding hydrogens is 314 g/mol. The third kappa shape index (κ3) is 4.19. The Balaban J connectivity index is 1.52. The molecule has 1 aromatic rings. The maximum Gasteiger partial charge on any atom is 0.227 e. The van der Waals surface area contributed by atoms with E-state index < -0.39 is 0 Å². The molecule has 1 aromatic carbocycles. The van der Waals surface area contributed by atoms with Gasteiger partial charge in [0.1, 0.15) is 6.07 Å². The van der Waals surface area contributed by atoms with Crippen molar-refractivity contribution < 1.29 is 9.59 Å². The van der Waals surface area contributed by atoms with Crippen LogP contribution in [-0.2, 0) is 9.59 Å². The summed E-state index contributed by atoms with van der Waals surface area (Å²) in [5.74, 6) is 0.255. The van der Waals surface area contributed by atoms with E-state index >= 15 is 0 Å². The minimum Gasteiger partial charge on any atom is -0.342 e. The second-order valence-corrected chi connectivity index (χ2v) is 7.08. The van der Waals surface area contributed by atoms with Gasteiger partial charge >= 0.3 is 0 Å². The van der Waals surface area contributed by atoms with Crippen molar-refractivity contribution in [1.29, 1.82) is 5.26 Å². The van der Waals surface area contributed by atoms with Gasteiger partial charge in [0.05, 0.1) is 11.3 Å². The number of carbonyl (C=O) groups excluding carboxylic acids is 2. The maximum atomic E-state index is 12.6. The molecule has 1 heterocycles. The number of amides is 2. The minimum absolute atomic E-state index is 0.0356. The van der Waals surface area contributed by atoms with Crippen molar-refractivity contribution >= 4 is 17.5 Å². The smallest absolute Gasteiger partial charge is 0.227 e. The molecule has 0 radical (unpaired) electrons. The normalized spacial score (nSPS) is 23.6. The van der Waals surface area contributed by atoms with Gasteiger partial charge in [-0.1, -0.05) is 12.1 Å². The number of carbonyl (C=O) groups is 2. The first-order chi connectivity index (χ1) is 12.2. The molecule has 0 unspecified atom stereocenters. The minimum atomic E-state index is -0.0721. The summed E-state index contributed by atoms with van der Waals surface area (Å²) < 4.78 is 0. The van der Waals surface area contributed by atoms with E-state index in [4.69, 9.17) is 5.26 Å². The quantitative estimate of drug-likeness (QED) is 0.918. The standard InChI is InChI=1S/C20H25N3O2/c21-14-17-6-2-3-7-18(17)22-19(24)15-8-10-16(11-9-15)20(25)23-12-4-1-5-13-23/h2-3,6-7,15-16H,1,4-5,8-13H2,(H,22,24). The Bertz CT molecular complexity index is 666. The molecule has 2 aliphatic rings. The number of hydrogen-bond donors (Lipinski definition) is 1. The van der Waals surface area contributed by atoms with E-state index in [1.54, 1.807) is 18.2 Å². The molecule has 2 amide bonds. The highest BCUT2D eigenvalue weighted by Gasteiger charge is 2.32. The number of hydrogen-bond acceptors (Lipinski definition) is 3. The van der Waals surface area contributed by atoms with Crippen molar-refractivity contribution in [1.82, 2.24) is 4.90 Å². The van der Waals surface area contributed by atoms with Gasteiger partial charge in [-0.25, -0.2) is 0 Å². The van der Waals surface area contributed by atoms with Gasteiger partial charge in [-0.05, 0) is 57.1 Å². The second kappa shape index (κ2) is 8.15. The van der Waals surface area contributed by atoms with Gasteiger partial charge in [0.15, 0.2) is 0 Å². The molecule has 5 heteroatoms. The number of nitrogens with zero attached hydrogens (tertiary/aromatic N) is 2. The number of anilines is 1. The van der Waals surface area contributed by atoms with E-state index in [0.717, 1.165) is 51.6 Å². The average molecular weight is 339 g/mol. The zero-order valence-corrected chi connectivity index (χ0v) is 14.5. The molecule has 1 aliphatic heterocycles. The summed E-state index contributed by atoms with van der Waals surface area (Å²) in [6.07, 6.45) is 6.50. The van der Waals surface area contributed by atoms with Crippen LogP contribution in [0.3, 0.4) is 0 Å². The monoisotopic (exact) mass is 339 g/mol. The largest absolute Gasteiger partial charge is 0.342 e. The van der Waals surface area contributed by atoms with Crippen LogP contribution in [0.25, 0.3) is 0 Å². The zero-order chi connectivity index (χ0) is 17.6. The van der Waals surface area contributed by atoms with Crippen LogP contribution in [0.5, 0.6) is 0 Å². The summed E-state index contributed by atoms with van der Waals surface area (Å²) >= 11 is 0. The van der Waals surface area contributed by atoms with Crippen molar-refractivity contribution in [3.05, 3.63) is 29.8 Å². The number of nitrogens with one attached hydrogen (secondary N) is 1. The summed E-state index contributed by atoms with van der Waals surface area (Å²) in [6.45, 7) is 1.79. The SMILES string of the molecule is N#Cc1ccccc1NC(=O)C1CCC(C(=O)N2CCCCC2)CC1. The Hall–Kier alpha value is -2.35. The number of nitriles is 1. The summed E-state index contributed by atoms with van der Waals surface area (Å²) in [7, 11) is 0. The number of para-hydroxylation sites is 1. The number of piperidine rings is 1. The maximum absolute atomic E-state index is 12.6. The van der Waals surface area contributed by atoms with Gasteiger partial charge in [-0.2, -0.15) is 5.26 Å². The first-order valence-corrected chi connectivity index (χ1v) is 9.28. The molecule has 1 aliphatic carbocycles. The summed E-state index contributed by atoms with van der Waals surface area (Å²) in [5.41, 5.74) is 1.05. The Morgan fingerprint density at radius 3 is 2.32 bits per heavy atom. The third-order valence-corrected chi connectivity index (χ3v) is 5.42. The van der Waals surface area contributed by atoms with Crippen molar-refractivity contribution in [3.8, 4) is 6.07 Å². The lowest BCUT2D eigenvalue weighted by Gasteiger charge is -2.33. The molecule has 0 aromatic heterocycles. The van der Waals surface area contributed by atoms with E-state index in [2.05, 4.69) is 11.4 Å². The van der Waals surface area contributed by atoms with Gasteiger partial charge in [-0.15, -0.1) is 0 Å². The van der Waals surface area contributed by atoms with Crippen LogP contribution in [0.2, 0.25) is 0 Å². The molecule has 0 bridgehead atoms. The molecule has 0 spiro atoms. The molecule has 5 nitrogen and oxygen atoms in total. The van der Waals surface area contributed by atoms with Crippen LogP contribution in [0.4, 0.5) is 5.69 Å². The Labute approximate surface area is 149 Å². The van der Waals surface area contributed by atoms with E-state index in [0.29, 0.717) is 11.3 Å². The van der Waals surface area contributed by atoms with Gasteiger partial charge in [0.25, 0.3) is 0 Å². The van der Waals surface area contributed by atoms with Gasteiger partial charge in [-0.3, -0.25) is 9.59 Å². The fraction of sp³-hybridized carbons (Fsp3) is 0.550. The lowest BCUT2D eigenvalue weighted by Crippen LogP contribution is -2.41. The molecular formula is C20H25N3O2. The Morgan fingerprint density at radius 2 is 1.64 bits per heavy atom. The van der Waals surface area contributed by atoms with Crippen LogP contribution in [-0.4, -0.2) is 29.8 Å². The van der Waals surface area contributed by atoms with E-state index in [1.165, 1.54) is 6.42 Å². The fourth-order valence-corrected chi connectivity index (χ4v) is 3.90. The van der Waals surface area contributed by atoms with E-state index in [1.807, 2.05) is 11.0 Å². The topological polar surface area (TPSA) is 73.2 Å². The molecule has 132 valence electrons. The summed E-state index contributed by atoms with van der Waals surface area (Å²) in [6, 6.07) is 9.14. The summed E-state index contributed by atoms with van der Waals surface area (Å²) in [4.78, 5) is 27.1. The highest BCUT2D eigenvalue weighted by molar-refractivity contribution is 5.94. The lowest BCUT2D eigenvalue weighted by atomic mass is 9.80.